The first kappa shape index (κ1) is 12.3. The van der Waals surface area contributed by atoms with E-state index in [2.05, 4.69) is 20.1 Å². The van der Waals surface area contributed by atoms with Crippen LogP contribution < -0.4 is 4.74 Å². The van der Waals surface area contributed by atoms with Crippen molar-refractivity contribution in [1.82, 2.24) is 24.7 Å². The van der Waals surface area contributed by atoms with Gasteiger partial charge in [-0.3, -0.25) is 4.98 Å². The molecule has 3 aromatic heterocycles. The molecule has 0 saturated heterocycles. The second-order valence-electron chi connectivity index (χ2n) is 4.18. The van der Waals surface area contributed by atoms with Crippen LogP contribution in [-0.2, 0) is 7.05 Å². The zero-order valence-electron chi connectivity index (χ0n) is 11.2. The van der Waals surface area contributed by atoms with E-state index in [-0.39, 0.29) is 0 Å². The van der Waals surface area contributed by atoms with E-state index in [1.54, 1.807) is 30.4 Å². The van der Waals surface area contributed by atoms with Crippen molar-refractivity contribution in [3.05, 3.63) is 42.9 Å². The van der Waals surface area contributed by atoms with Gasteiger partial charge in [-0.15, -0.1) is 0 Å². The van der Waals surface area contributed by atoms with Crippen molar-refractivity contribution < 1.29 is 4.74 Å². The average molecular weight is 267 g/mol. The molecule has 0 aromatic carbocycles. The highest BCUT2D eigenvalue weighted by Crippen LogP contribution is 2.27. The van der Waals surface area contributed by atoms with Crippen molar-refractivity contribution in [1.29, 1.82) is 0 Å². The number of rotatable bonds is 3. The van der Waals surface area contributed by atoms with Gasteiger partial charge in [0.1, 0.15) is 0 Å². The lowest BCUT2D eigenvalue weighted by Gasteiger charge is -2.04. The predicted octanol–water partition coefficient (Wildman–Crippen LogP) is 1.95. The van der Waals surface area contributed by atoms with Gasteiger partial charge >= 0.3 is 0 Å². The van der Waals surface area contributed by atoms with E-state index >= 15 is 0 Å². The van der Waals surface area contributed by atoms with E-state index in [1.165, 1.54) is 0 Å². The molecule has 3 aromatic rings. The van der Waals surface area contributed by atoms with Gasteiger partial charge in [-0.1, -0.05) is 0 Å². The molecule has 0 unspecified atom stereocenters. The number of hydrogen-bond donors (Lipinski definition) is 0. The maximum absolute atomic E-state index is 5.27. The Morgan fingerprint density at radius 2 is 2.00 bits per heavy atom. The molecule has 0 amide bonds. The number of ether oxygens (including phenoxy) is 1. The number of aromatic nitrogens is 5. The zero-order chi connectivity index (χ0) is 13.9. The Balaban J connectivity index is 2.10. The van der Waals surface area contributed by atoms with Gasteiger partial charge in [0.2, 0.25) is 5.88 Å². The summed E-state index contributed by atoms with van der Waals surface area (Å²) in [6.07, 6.45) is 5.14. The van der Waals surface area contributed by atoms with Gasteiger partial charge in [-0.2, -0.15) is 5.10 Å². The Labute approximate surface area is 116 Å². The van der Waals surface area contributed by atoms with Crippen LogP contribution in [-0.4, -0.2) is 31.8 Å². The van der Waals surface area contributed by atoms with Gasteiger partial charge in [0.25, 0.3) is 0 Å². The van der Waals surface area contributed by atoms with Crippen molar-refractivity contribution in [3.63, 3.8) is 0 Å². The minimum absolute atomic E-state index is 0.528. The molecule has 0 saturated carbocycles. The van der Waals surface area contributed by atoms with Crippen LogP contribution in [0.3, 0.4) is 0 Å². The third-order valence-corrected chi connectivity index (χ3v) is 2.89. The lowest BCUT2D eigenvalue weighted by Crippen LogP contribution is -1.98. The summed E-state index contributed by atoms with van der Waals surface area (Å²) in [6.45, 7) is 0. The molecule has 3 rings (SSSR count). The number of methoxy groups -OCH3 is 1. The van der Waals surface area contributed by atoms with Crippen LogP contribution in [0.2, 0.25) is 0 Å². The van der Waals surface area contributed by atoms with Crippen LogP contribution in [0.5, 0.6) is 5.88 Å². The minimum Gasteiger partial charge on any atom is -0.480 e. The molecule has 0 aliphatic rings. The molecule has 3 heterocycles. The number of hydrogen-bond acceptors (Lipinski definition) is 5. The van der Waals surface area contributed by atoms with Gasteiger partial charge in [0, 0.05) is 31.2 Å². The van der Waals surface area contributed by atoms with Crippen molar-refractivity contribution in [3.8, 4) is 28.7 Å². The number of aryl methyl sites for hydroxylation is 1. The highest BCUT2D eigenvalue weighted by atomic mass is 16.5. The molecule has 0 N–H and O–H groups in total. The summed E-state index contributed by atoms with van der Waals surface area (Å²) in [5, 5.41) is 4.41. The quantitative estimate of drug-likeness (QED) is 0.725. The molecule has 0 aliphatic heterocycles. The van der Waals surface area contributed by atoms with E-state index in [0.29, 0.717) is 17.5 Å². The molecule has 0 spiro atoms. The third-order valence-electron chi connectivity index (χ3n) is 2.89. The fourth-order valence-electron chi connectivity index (χ4n) is 1.96. The summed E-state index contributed by atoms with van der Waals surface area (Å²) in [5.41, 5.74) is 1.68. The topological polar surface area (TPSA) is 65.7 Å². The Kier molecular flexibility index (Phi) is 3.12. The maximum Gasteiger partial charge on any atom is 0.224 e. The summed E-state index contributed by atoms with van der Waals surface area (Å²) in [6, 6.07) is 7.53. The molecule has 0 atom stereocenters. The maximum atomic E-state index is 5.27. The summed E-state index contributed by atoms with van der Waals surface area (Å²) in [7, 11) is 3.43. The molecule has 0 bridgehead atoms. The van der Waals surface area contributed by atoms with E-state index in [4.69, 9.17) is 4.74 Å². The Morgan fingerprint density at radius 1 is 1.15 bits per heavy atom. The third kappa shape index (κ3) is 2.11. The van der Waals surface area contributed by atoms with Gasteiger partial charge in [-0.05, 0) is 24.3 Å². The molecular weight excluding hydrogens is 254 g/mol. The first-order valence-corrected chi connectivity index (χ1v) is 6.10. The molecule has 6 heteroatoms. The van der Waals surface area contributed by atoms with E-state index in [1.807, 2.05) is 31.3 Å². The van der Waals surface area contributed by atoms with Crippen molar-refractivity contribution in [2.75, 3.05) is 7.11 Å². The smallest absolute Gasteiger partial charge is 0.224 e. The first-order valence-electron chi connectivity index (χ1n) is 6.10. The second kappa shape index (κ2) is 5.08. The van der Waals surface area contributed by atoms with Gasteiger partial charge < -0.3 is 4.74 Å². The fourth-order valence-corrected chi connectivity index (χ4v) is 1.96. The molecule has 100 valence electrons. The molecule has 0 radical (unpaired) electrons. The summed E-state index contributed by atoms with van der Waals surface area (Å²) in [5.74, 6) is 1.86. The Bertz CT molecular complexity index is 723. The van der Waals surface area contributed by atoms with Crippen LogP contribution in [0.25, 0.3) is 22.8 Å². The summed E-state index contributed by atoms with van der Waals surface area (Å²) < 4.78 is 6.98. The summed E-state index contributed by atoms with van der Waals surface area (Å²) in [4.78, 5) is 12.8. The molecule has 6 nitrogen and oxygen atoms in total. The number of pyridine rings is 2. The highest BCUT2D eigenvalue weighted by molar-refractivity contribution is 5.64. The molecule has 0 aliphatic carbocycles. The SMILES string of the molecule is COc1ncccc1-c1nc(-c2cccnc2)nn1C. The largest absolute Gasteiger partial charge is 0.480 e. The predicted molar refractivity (Wildman–Crippen MR) is 74.0 cm³/mol. The van der Waals surface area contributed by atoms with E-state index in [0.717, 1.165) is 11.1 Å². The lowest BCUT2D eigenvalue weighted by molar-refractivity contribution is 0.399. The van der Waals surface area contributed by atoms with Crippen LogP contribution >= 0.6 is 0 Å². The fraction of sp³-hybridized carbons (Fsp3) is 0.143. The van der Waals surface area contributed by atoms with Gasteiger partial charge in [0.15, 0.2) is 11.6 Å². The van der Waals surface area contributed by atoms with Crippen LogP contribution in [0, 0.1) is 0 Å². The molecular formula is C14H13N5O. The van der Waals surface area contributed by atoms with E-state index in [9.17, 15) is 0 Å². The highest BCUT2D eigenvalue weighted by Gasteiger charge is 2.15. The van der Waals surface area contributed by atoms with E-state index < -0.39 is 0 Å². The van der Waals surface area contributed by atoms with Crippen LogP contribution in [0.15, 0.2) is 42.9 Å². The van der Waals surface area contributed by atoms with Crippen molar-refractivity contribution in [2.24, 2.45) is 7.05 Å². The monoisotopic (exact) mass is 267 g/mol. The van der Waals surface area contributed by atoms with Crippen molar-refractivity contribution >= 4 is 0 Å². The Morgan fingerprint density at radius 3 is 2.75 bits per heavy atom. The zero-order valence-corrected chi connectivity index (χ0v) is 11.2. The Hall–Kier alpha value is -2.76. The minimum atomic E-state index is 0.528. The second-order valence-corrected chi connectivity index (χ2v) is 4.18. The molecule has 0 fully saturated rings. The number of nitrogens with zero attached hydrogens (tertiary/aromatic N) is 5. The van der Waals surface area contributed by atoms with Gasteiger partial charge in [-0.25, -0.2) is 14.6 Å². The van der Waals surface area contributed by atoms with Gasteiger partial charge in [0.05, 0.1) is 12.7 Å². The van der Waals surface area contributed by atoms with Crippen LogP contribution in [0.4, 0.5) is 0 Å². The normalized spacial score (nSPS) is 10.5. The molecule has 20 heavy (non-hydrogen) atoms. The lowest BCUT2D eigenvalue weighted by atomic mass is 10.2. The average Bonchev–Trinajstić information content (AvgIpc) is 2.90. The van der Waals surface area contributed by atoms with Crippen molar-refractivity contribution in [2.45, 2.75) is 0 Å². The summed E-state index contributed by atoms with van der Waals surface area (Å²) >= 11 is 0. The first-order chi connectivity index (χ1) is 9.79. The standard InChI is InChI=1S/C14H13N5O/c1-19-13(11-6-4-8-16-14(11)20-2)17-12(18-19)10-5-3-7-15-9-10/h3-9H,1-2H3. The van der Waals surface area contributed by atoms with Crippen LogP contribution in [0.1, 0.15) is 0 Å².